The Bertz CT molecular complexity index is 419. The molecule has 1 aromatic rings. The van der Waals surface area contributed by atoms with Crippen LogP contribution in [0.1, 0.15) is 46.1 Å². The van der Waals surface area contributed by atoms with Crippen LogP contribution in [0.5, 0.6) is 0 Å². The maximum Gasteiger partial charge on any atom is 0.0678 e. The third kappa shape index (κ3) is 5.59. The predicted octanol–water partition coefficient (Wildman–Crippen LogP) is 3.79. The van der Waals surface area contributed by atoms with Gasteiger partial charge in [-0.25, -0.2) is 0 Å². The summed E-state index contributed by atoms with van der Waals surface area (Å²) < 4.78 is 5.86. The number of hydrogen-bond donors (Lipinski definition) is 0. The zero-order valence-corrected chi connectivity index (χ0v) is 15.4. The van der Waals surface area contributed by atoms with Crippen LogP contribution < -0.4 is 0 Å². The smallest absolute Gasteiger partial charge is 0.0678 e. The van der Waals surface area contributed by atoms with Gasteiger partial charge in [0.2, 0.25) is 0 Å². The molecule has 0 aliphatic carbocycles. The first-order chi connectivity index (χ1) is 11.2. The molecule has 3 rings (SSSR count). The molecule has 3 nitrogen and oxygen atoms in total. The zero-order chi connectivity index (χ0) is 16.7. The lowest BCUT2D eigenvalue weighted by Crippen LogP contribution is -2.53. The molecule has 0 spiro atoms. The van der Waals surface area contributed by atoms with Gasteiger partial charge in [0.1, 0.15) is 0 Å². The Kier molecular flexibility index (Phi) is 7.54. The number of nitrogens with zero attached hydrogens (tertiary/aromatic N) is 2. The number of morpholine rings is 1. The molecule has 0 unspecified atom stereocenters. The Balaban J connectivity index is 0.000000924. The first kappa shape index (κ1) is 18.4. The van der Waals surface area contributed by atoms with E-state index >= 15 is 0 Å². The van der Waals surface area contributed by atoms with Crippen LogP contribution >= 0.6 is 0 Å². The number of rotatable bonds is 3. The minimum atomic E-state index is 0.385. The normalized spacial score (nSPS) is 27.3. The van der Waals surface area contributed by atoms with E-state index in [9.17, 15) is 0 Å². The Hall–Kier alpha value is -0.900. The minimum Gasteiger partial charge on any atom is -0.373 e. The molecule has 0 saturated carbocycles. The summed E-state index contributed by atoms with van der Waals surface area (Å²) in [5.74, 6) is 0. The van der Waals surface area contributed by atoms with E-state index in [4.69, 9.17) is 4.74 Å². The molecule has 2 heterocycles. The summed E-state index contributed by atoms with van der Waals surface area (Å²) in [6, 6.07) is 11.6. The second-order valence-corrected chi connectivity index (χ2v) is 6.70. The molecule has 0 N–H and O–H groups in total. The van der Waals surface area contributed by atoms with Crippen LogP contribution in [-0.2, 0) is 11.3 Å². The van der Waals surface area contributed by atoms with Crippen molar-refractivity contribution in [2.45, 2.75) is 65.3 Å². The fraction of sp³-hybridized carbons (Fsp3) is 0.700. The summed E-state index contributed by atoms with van der Waals surface area (Å²) in [5, 5.41) is 0. The SMILES string of the molecule is CC.C[C@@H]1CN(C2CCN(Cc3ccccc3)CC2)C[C@H](C)O1. The molecule has 0 aromatic heterocycles. The van der Waals surface area contributed by atoms with Gasteiger partial charge in [-0.3, -0.25) is 9.80 Å². The third-order valence-corrected chi connectivity index (χ3v) is 4.77. The molecule has 3 heteroatoms. The lowest BCUT2D eigenvalue weighted by molar-refractivity contribution is -0.0865. The van der Waals surface area contributed by atoms with Crippen LogP contribution in [0.25, 0.3) is 0 Å². The van der Waals surface area contributed by atoms with E-state index in [0.29, 0.717) is 12.2 Å². The Morgan fingerprint density at radius 3 is 2.09 bits per heavy atom. The maximum atomic E-state index is 5.86. The lowest BCUT2D eigenvalue weighted by Gasteiger charge is -2.43. The average Bonchev–Trinajstić information content (AvgIpc) is 2.57. The van der Waals surface area contributed by atoms with Gasteiger partial charge in [-0.1, -0.05) is 44.2 Å². The van der Waals surface area contributed by atoms with Crippen LogP contribution in [0.15, 0.2) is 30.3 Å². The molecule has 2 aliphatic rings. The molecule has 23 heavy (non-hydrogen) atoms. The number of ether oxygens (including phenoxy) is 1. The molecule has 1 aromatic carbocycles. The van der Waals surface area contributed by atoms with Gasteiger partial charge >= 0.3 is 0 Å². The lowest BCUT2D eigenvalue weighted by atomic mass is 10.0. The van der Waals surface area contributed by atoms with Gasteiger partial charge in [0, 0.05) is 25.7 Å². The summed E-state index contributed by atoms with van der Waals surface area (Å²) in [5.41, 5.74) is 1.43. The van der Waals surface area contributed by atoms with E-state index in [0.717, 1.165) is 25.7 Å². The highest BCUT2D eigenvalue weighted by Crippen LogP contribution is 2.22. The second kappa shape index (κ2) is 9.41. The Morgan fingerprint density at radius 2 is 1.52 bits per heavy atom. The Labute approximate surface area is 142 Å². The predicted molar refractivity (Wildman–Crippen MR) is 97.7 cm³/mol. The van der Waals surface area contributed by atoms with Crippen LogP contribution in [0.4, 0.5) is 0 Å². The van der Waals surface area contributed by atoms with Crippen LogP contribution in [0, 0.1) is 0 Å². The topological polar surface area (TPSA) is 15.7 Å². The van der Waals surface area contributed by atoms with Crippen molar-refractivity contribution < 1.29 is 4.74 Å². The average molecular weight is 319 g/mol. The van der Waals surface area contributed by atoms with Gasteiger partial charge in [-0.15, -0.1) is 0 Å². The van der Waals surface area contributed by atoms with Gasteiger partial charge in [-0.05, 0) is 45.3 Å². The van der Waals surface area contributed by atoms with Gasteiger partial charge in [0.25, 0.3) is 0 Å². The minimum absolute atomic E-state index is 0.385. The molecule has 2 aliphatic heterocycles. The van der Waals surface area contributed by atoms with Gasteiger partial charge < -0.3 is 4.74 Å². The van der Waals surface area contributed by atoms with Crippen LogP contribution in [-0.4, -0.2) is 54.2 Å². The van der Waals surface area contributed by atoms with E-state index in [1.165, 1.54) is 31.5 Å². The fourth-order valence-electron chi connectivity index (χ4n) is 3.80. The molecular formula is C20H34N2O. The highest BCUT2D eigenvalue weighted by molar-refractivity contribution is 5.14. The Morgan fingerprint density at radius 1 is 0.957 bits per heavy atom. The van der Waals surface area contributed by atoms with Gasteiger partial charge in [0.15, 0.2) is 0 Å². The number of likely N-dealkylation sites (tertiary alicyclic amines) is 1. The van der Waals surface area contributed by atoms with E-state index in [-0.39, 0.29) is 0 Å². The summed E-state index contributed by atoms with van der Waals surface area (Å²) in [6.07, 6.45) is 3.37. The van der Waals surface area contributed by atoms with Crippen molar-refractivity contribution in [2.75, 3.05) is 26.2 Å². The first-order valence-corrected chi connectivity index (χ1v) is 9.36. The molecule has 2 atom stereocenters. The monoisotopic (exact) mass is 318 g/mol. The van der Waals surface area contributed by atoms with Crippen LogP contribution in [0.2, 0.25) is 0 Å². The highest BCUT2D eigenvalue weighted by atomic mass is 16.5. The number of piperidine rings is 1. The number of hydrogen-bond acceptors (Lipinski definition) is 3. The zero-order valence-electron chi connectivity index (χ0n) is 15.4. The fourth-order valence-corrected chi connectivity index (χ4v) is 3.80. The van der Waals surface area contributed by atoms with E-state index in [1.807, 2.05) is 13.8 Å². The van der Waals surface area contributed by atoms with Crippen molar-refractivity contribution in [2.24, 2.45) is 0 Å². The van der Waals surface area contributed by atoms with Crippen molar-refractivity contribution in [3.63, 3.8) is 0 Å². The molecular weight excluding hydrogens is 284 g/mol. The molecule has 2 fully saturated rings. The molecule has 2 saturated heterocycles. The van der Waals surface area contributed by atoms with Crippen LogP contribution in [0.3, 0.4) is 0 Å². The highest BCUT2D eigenvalue weighted by Gasteiger charge is 2.30. The van der Waals surface area contributed by atoms with Crippen molar-refractivity contribution in [3.05, 3.63) is 35.9 Å². The summed E-state index contributed by atoms with van der Waals surface area (Å²) in [6.45, 7) is 14.2. The van der Waals surface area contributed by atoms with Crippen molar-refractivity contribution in [1.82, 2.24) is 9.80 Å². The molecule has 0 bridgehead atoms. The molecule has 0 amide bonds. The van der Waals surface area contributed by atoms with Gasteiger partial charge in [-0.2, -0.15) is 0 Å². The maximum absolute atomic E-state index is 5.86. The number of benzene rings is 1. The van der Waals surface area contributed by atoms with E-state index in [2.05, 4.69) is 54.0 Å². The quantitative estimate of drug-likeness (QED) is 0.843. The molecule has 0 radical (unpaired) electrons. The largest absolute Gasteiger partial charge is 0.373 e. The van der Waals surface area contributed by atoms with Crippen molar-refractivity contribution in [1.29, 1.82) is 0 Å². The summed E-state index contributed by atoms with van der Waals surface area (Å²) >= 11 is 0. The third-order valence-electron chi connectivity index (χ3n) is 4.77. The summed E-state index contributed by atoms with van der Waals surface area (Å²) in [7, 11) is 0. The standard InChI is InChI=1S/C18H28N2O.C2H6/c1-15-12-20(13-16(2)21-15)18-8-10-19(11-9-18)14-17-6-4-3-5-7-17;1-2/h3-7,15-16,18H,8-14H2,1-2H3;1-2H3/t15-,16+;. The summed E-state index contributed by atoms with van der Waals surface area (Å²) in [4.78, 5) is 5.26. The van der Waals surface area contributed by atoms with Crippen molar-refractivity contribution in [3.8, 4) is 0 Å². The van der Waals surface area contributed by atoms with E-state index in [1.54, 1.807) is 0 Å². The van der Waals surface area contributed by atoms with Crippen molar-refractivity contribution >= 4 is 0 Å². The molecule has 130 valence electrons. The van der Waals surface area contributed by atoms with E-state index < -0.39 is 0 Å². The first-order valence-electron chi connectivity index (χ1n) is 9.36. The second-order valence-electron chi connectivity index (χ2n) is 6.70. The van der Waals surface area contributed by atoms with Gasteiger partial charge in [0.05, 0.1) is 12.2 Å².